The van der Waals surface area contributed by atoms with Crippen LogP contribution in [0.3, 0.4) is 0 Å². The summed E-state index contributed by atoms with van der Waals surface area (Å²) in [4.78, 5) is 66.8. The second-order valence-corrected chi connectivity index (χ2v) is 25.0. The Bertz CT molecular complexity index is 1600. The number of nitrogens with one attached hydrogen (secondary N) is 1. The average molecular weight is 1270 g/mol. The first-order valence-corrected chi connectivity index (χ1v) is 37.2. The average Bonchev–Trinajstić information content (AvgIpc) is 3.70. The van der Waals surface area contributed by atoms with Gasteiger partial charge < -0.3 is 43.7 Å². The van der Waals surface area contributed by atoms with Crippen molar-refractivity contribution < 1.29 is 47.7 Å². The summed E-state index contributed by atoms with van der Waals surface area (Å²) >= 11 is 0. The SMILES string of the molecule is CCCCCC/C=C/COC(=O)CCCCCCCN(CCCCCCCC(=O)OC/C=C/CCCCCC)C(=O)OCCN(C)CCN(C)C.CCCCCC/C=C/COC(=O)CCCCCCCNCCCCCCCC(=O)OC/C=C/CCCCCC. The first kappa shape index (κ1) is 88.0. The largest absolute Gasteiger partial charge is 0.461 e. The molecule has 0 unspecified atom stereocenters. The number of hydrogen-bond donors (Lipinski definition) is 1. The maximum absolute atomic E-state index is 13.0. The number of carbonyl (C=O) groups is 5. The molecule has 0 heterocycles. The van der Waals surface area contributed by atoms with Crippen LogP contribution in [0, 0.1) is 0 Å². The first-order chi connectivity index (χ1) is 44.0. The van der Waals surface area contributed by atoms with E-state index in [9.17, 15) is 24.0 Å². The molecule has 14 heteroatoms. The minimum atomic E-state index is -0.230. The van der Waals surface area contributed by atoms with Gasteiger partial charge in [-0.2, -0.15) is 0 Å². The van der Waals surface area contributed by atoms with E-state index in [1.807, 2.05) is 29.2 Å². The van der Waals surface area contributed by atoms with Crippen molar-refractivity contribution >= 4 is 30.0 Å². The first-order valence-electron chi connectivity index (χ1n) is 37.2. The Morgan fingerprint density at radius 1 is 0.300 bits per heavy atom. The van der Waals surface area contributed by atoms with E-state index >= 15 is 0 Å². The predicted octanol–water partition coefficient (Wildman–Crippen LogP) is 19.1. The van der Waals surface area contributed by atoms with Gasteiger partial charge in [-0.05, 0) is 137 Å². The molecule has 0 aliphatic heterocycles. The molecule has 526 valence electrons. The number of rotatable bonds is 66. The van der Waals surface area contributed by atoms with Gasteiger partial charge in [-0.1, -0.05) is 230 Å². The van der Waals surface area contributed by atoms with Crippen molar-refractivity contribution in [2.75, 3.05) is 100.0 Å². The van der Waals surface area contributed by atoms with Crippen LogP contribution >= 0.6 is 0 Å². The maximum Gasteiger partial charge on any atom is 0.409 e. The fourth-order valence-electron chi connectivity index (χ4n) is 9.94. The molecule has 1 amide bonds. The predicted molar refractivity (Wildman–Crippen MR) is 378 cm³/mol. The third-order valence-corrected chi connectivity index (χ3v) is 15.9. The van der Waals surface area contributed by atoms with Crippen LogP contribution in [0.2, 0.25) is 0 Å². The van der Waals surface area contributed by atoms with Crippen LogP contribution < -0.4 is 5.32 Å². The molecule has 0 radical (unpaired) electrons. The van der Waals surface area contributed by atoms with Crippen LogP contribution in [0.1, 0.15) is 310 Å². The van der Waals surface area contributed by atoms with Crippen molar-refractivity contribution in [3.05, 3.63) is 48.6 Å². The topological polar surface area (TPSA) is 153 Å². The van der Waals surface area contributed by atoms with Crippen LogP contribution in [-0.4, -0.2) is 145 Å². The Morgan fingerprint density at radius 2 is 0.589 bits per heavy atom. The van der Waals surface area contributed by atoms with Crippen molar-refractivity contribution in [3.63, 3.8) is 0 Å². The third kappa shape index (κ3) is 73.0. The summed E-state index contributed by atoms with van der Waals surface area (Å²) in [7, 11) is 6.16. The number of esters is 4. The van der Waals surface area contributed by atoms with Crippen molar-refractivity contribution in [2.45, 2.75) is 310 Å². The van der Waals surface area contributed by atoms with Crippen LogP contribution in [0.4, 0.5) is 4.79 Å². The fourth-order valence-corrected chi connectivity index (χ4v) is 9.94. The zero-order valence-electron chi connectivity index (χ0n) is 59.6. The molecular formula is C76H142N4O10. The number of ether oxygens (including phenoxy) is 5. The lowest BCUT2D eigenvalue weighted by molar-refractivity contribution is -0.143. The molecule has 0 aliphatic carbocycles. The Morgan fingerprint density at radius 3 is 0.900 bits per heavy atom. The van der Waals surface area contributed by atoms with Crippen LogP contribution in [0.5, 0.6) is 0 Å². The quantitative estimate of drug-likeness (QED) is 0.0266. The van der Waals surface area contributed by atoms with Gasteiger partial charge in [-0.25, -0.2) is 4.79 Å². The Balaban J connectivity index is 0. The number of nitrogens with zero attached hydrogens (tertiary/aromatic N) is 3. The highest BCUT2D eigenvalue weighted by molar-refractivity contribution is 5.70. The van der Waals surface area contributed by atoms with E-state index in [4.69, 9.17) is 23.7 Å². The molecule has 0 aromatic heterocycles. The van der Waals surface area contributed by atoms with Gasteiger partial charge in [0, 0.05) is 58.4 Å². The Kier molecular flexibility index (Phi) is 72.4. The lowest BCUT2D eigenvalue weighted by atomic mass is 10.1. The maximum atomic E-state index is 13.0. The molecule has 0 spiro atoms. The van der Waals surface area contributed by atoms with Crippen molar-refractivity contribution in [2.24, 2.45) is 0 Å². The molecule has 14 nitrogen and oxygen atoms in total. The van der Waals surface area contributed by atoms with Gasteiger partial charge in [-0.3, -0.25) is 19.2 Å². The molecule has 0 aliphatic rings. The smallest absolute Gasteiger partial charge is 0.409 e. The van der Waals surface area contributed by atoms with E-state index < -0.39 is 0 Å². The summed E-state index contributed by atoms with van der Waals surface area (Å²) < 4.78 is 26.9. The molecule has 0 bridgehead atoms. The normalized spacial score (nSPS) is 11.6. The zero-order chi connectivity index (χ0) is 66.1. The number of unbranched alkanes of at least 4 members (excludes halogenated alkanes) is 32. The van der Waals surface area contributed by atoms with Gasteiger partial charge in [0.05, 0.1) is 0 Å². The van der Waals surface area contributed by atoms with E-state index in [0.717, 1.165) is 142 Å². The lowest BCUT2D eigenvalue weighted by Crippen LogP contribution is -2.36. The molecule has 0 saturated carbocycles. The second-order valence-electron chi connectivity index (χ2n) is 25.0. The third-order valence-electron chi connectivity index (χ3n) is 15.9. The summed E-state index contributed by atoms with van der Waals surface area (Å²) in [6, 6.07) is 0. The summed E-state index contributed by atoms with van der Waals surface area (Å²) in [5.74, 6) is -0.377. The minimum Gasteiger partial charge on any atom is -0.461 e. The van der Waals surface area contributed by atoms with Gasteiger partial charge in [-0.15, -0.1) is 0 Å². The fraction of sp³-hybridized carbons (Fsp3) is 0.829. The van der Waals surface area contributed by atoms with Crippen molar-refractivity contribution in [3.8, 4) is 0 Å². The van der Waals surface area contributed by atoms with E-state index in [2.05, 4.69) is 88.3 Å². The highest BCUT2D eigenvalue weighted by atomic mass is 16.6. The van der Waals surface area contributed by atoms with E-state index in [-0.39, 0.29) is 30.0 Å². The molecule has 0 fully saturated rings. The number of carbonyl (C=O) groups excluding carboxylic acids is 5. The molecule has 0 aromatic carbocycles. The number of likely N-dealkylation sites (N-methyl/N-ethyl adjacent to an activating group) is 2. The molecule has 0 saturated heterocycles. The second kappa shape index (κ2) is 74.0. The van der Waals surface area contributed by atoms with Gasteiger partial charge in [0.15, 0.2) is 0 Å². The molecular weight excluding hydrogens is 1130 g/mol. The summed E-state index contributed by atoms with van der Waals surface area (Å²) in [6.07, 6.45) is 63.4. The van der Waals surface area contributed by atoms with Crippen LogP contribution in [0.15, 0.2) is 48.6 Å². The summed E-state index contributed by atoms with van der Waals surface area (Å²) in [6.45, 7) is 17.0. The standard InChI is InChI=1S/C42H79N3O6.C34H63NO4/c1-6-8-10-12-14-22-28-37-49-40(46)30-24-18-16-20-26-32-45(42(48)51-39-36-44(5)35-34-43(3)4)33-27-21-17-19-25-31-41(47)50-38-29-23-15-13-11-9-7-2;1-3-5-7-9-11-19-25-31-38-33(36)27-21-15-13-17-23-29-35-30-24-18-14-16-22-28-34(37)39-32-26-20-12-10-8-6-4-2/h22-23,28-29H,6-21,24-27,30-39H2,1-5H3;19-20,25-26,35H,3-18,21-24,27-32H2,1-2H3/b28-22+,29-23+;25-19+,26-20+. The van der Waals surface area contributed by atoms with Crippen LogP contribution in [-0.2, 0) is 42.9 Å². The van der Waals surface area contributed by atoms with Gasteiger partial charge in [0.25, 0.3) is 0 Å². The van der Waals surface area contributed by atoms with E-state index in [0.29, 0.717) is 78.4 Å². The monoisotopic (exact) mass is 1270 g/mol. The van der Waals surface area contributed by atoms with Crippen LogP contribution in [0.25, 0.3) is 0 Å². The Labute approximate surface area is 554 Å². The minimum absolute atomic E-state index is 0.0662. The summed E-state index contributed by atoms with van der Waals surface area (Å²) in [5, 5.41) is 3.54. The zero-order valence-corrected chi connectivity index (χ0v) is 59.6. The van der Waals surface area contributed by atoms with Gasteiger partial charge >= 0.3 is 30.0 Å². The lowest BCUT2D eigenvalue weighted by Gasteiger charge is -2.24. The number of allylic oxidation sites excluding steroid dienone is 4. The van der Waals surface area contributed by atoms with Gasteiger partial charge in [0.2, 0.25) is 0 Å². The van der Waals surface area contributed by atoms with Crippen molar-refractivity contribution in [1.29, 1.82) is 0 Å². The highest BCUT2D eigenvalue weighted by Gasteiger charge is 2.15. The number of amides is 1. The summed E-state index contributed by atoms with van der Waals surface area (Å²) in [5.41, 5.74) is 0. The molecule has 90 heavy (non-hydrogen) atoms. The molecule has 0 aromatic rings. The molecule has 0 atom stereocenters. The highest BCUT2D eigenvalue weighted by Crippen LogP contribution is 2.14. The van der Waals surface area contributed by atoms with Gasteiger partial charge in [0.1, 0.15) is 33.0 Å². The van der Waals surface area contributed by atoms with Crippen molar-refractivity contribution in [1.82, 2.24) is 20.0 Å². The van der Waals surface area contributed by atoms with E-state index in [1.165, 1.54) is 141 Å². The molecule has 0 rings (SSSR count). The molecule has 1 N–H and O–H groups in total. The Hall–Kier alpha value is -4.01. The van der Waals surface area contributed by atoms with E-state index in [1.54, 1.807) is 0 Å². The number of hydrogen-bond acceptors (Lipinski definition) is 13.